The van der Waals surface area contributed by atoms with Crippen LogP contribution in [-0.2, 0) is 13.2 Å². The quantitative estimate of drug-likeness (QED) is 0.323. The van der Waals surface area contributed by atoms with E-state index in [1.165, 1.54) is 5.56 Å². The highest BCUT2D eigenvalue weighted by molar-refractivity contribution is 6.35. The molecule has 6 heteroatoms. The molecule has 3 aromatic rings. The Hall–Kier alpha value is -1.91. The number of ether oxygens (including phenoxy) is 2. The summed E-state index contributed by atoms with van der Waals surface area (Å²) in [6.45, 7) is 3.30. The number of nitrogens with one attached hydrogen (secondary N) is 1. The van der Waals surface area contributed by atoms with Gasteiger partial charge in [0, 0.05) is 28.2 Å². The first-order chi connectivity index (χ1) is 14.6. The van der Waals surface area contributed by atoms with Gasteiger partial charge in [0.25, 0.3) is 0 Å². The van der Waals surface area contributed by atoms with Gasteiger partial charge in [0.1, 0.15) is 6.61 Å². The van der Waals surface area contributed by atoms with Gasteiger partial charge in [0.05, 0.1) is 7.11 Å². The van der Waals surface area contributed by atoms with Gasteiger partial charge in [-0.1, -0.05) is 79.0 Å². The lowest BCUT2D eigenvalue weighted by Crippen LogP contribution is -2.20. The molecular formula is C25H28Cl3NO2. The van der Waals surface area contributed by atoms with E-state index in [-0.39, 0.29) is 12.4 Å². The minimum Gasteiger partial charge on any atom is -0.493 e. The maximum atomic E-state index is 6.24. The van der Waals surface area contributed by atoms with Crippen molar-refractivity contribution in [1.29, 1.82) is 0 Å². The SMILES string of the molecule is CCCC(NCc1ccc(OCc2ccc(Cl)cc2Cl)c(OC)c1)c1ccccc1.Cl. The molecule has 1 N–H and O–H groups in total. The smallest absolute Gasteiger partial charge is 0.161 e. The largest absolute Gasteiger partial charge is 0.493 e. The lowest BCUT2D eigenvalue weighted by atomic mass is 10.0. The summed E-state index contributed by atoms with van der Waals surface area (Å²) < 4.78 is 11.5. The molecule has 3 rings (SSSR count). The molecule has 0 heterocycles. The Morgan fingerprint density at radius 3 is 2.39 bits per heavy atom. The fourth-order valence-corrected chi connectivity index (χ4v) is 3.80. The van der Waals surface area contributed by atoms with Crippen LogP contribution in [0, 0.1) is 0 Å². The van der Waals surface area contributed by atoms with Crippen LogP contribution in [0.25, 0.3) is 0 Å². The number of methoxy groups -OCH3 is 1. The predicted octanol–water partition coefficient (Wildman–Crippen LogP) is 7.63. The van der Waals surface area contributed by atoms with E-state index >= 15 is 0 Å². The molecule has 1 unspecified atom stereocenters. The topological polar surface area (TPSA) is 30.5 Å². The first-order valence-corrected chi connectivity index (χ1v) is 10.9. The summed E-state index contributed by atoms with van der Waals surface area (Å²) in [7, 11) is 1.65. The lowest BCUT2D eigenvalue weighted by Gasteiger charge is -2.19. The van der Waals surface area contributed by atoms with Crippen molar-refractivity contribution in [1.82, 2.24) is 5.32 Å². The normalized spacial score (nSPS) is 11.5. The molecule has 0 spiro atoms. The van der Waals surface area contributed by atoms with E-state index in [4.69, 9.17) is 32.7 Å². The molecule has 0 radical (unpaired) electrons. The molecule has 0 amide bonds. The second kappa shape index (κ2) is 12.8. The van der Waals surface area contributed by atoms with Crippen LogP contribution in [0.2, 0.25) is 10.0 Å². The summed E-state index contributed by atoms with van der Waals surface area (Å²) in [5.41, 5.74) is 3.33. The van der Waals surface area contributed by atoms with Gasteiger partial charge >= 0.3 is 0 Å². The standard InChI is InChI=1S/C25H27Cl2NO2.ClH/c1-3-7-23(19-8-5-4-6-9-19)28-16-18-10-13-24(25(14-18)29-2)30-17-20-11-12-21(26)15-22(20)27;/h4-6,8-15,23,28H,3,7,16-17H2,1-2H3;1H. The molecule has 1 atom stereocenters. The van der Waals surface area contributed by atoms with Gasteiger partial charge in [-0.2, -0.15) is 0 Å². The van der Waals surface area contributed by atoms with Crippen molar-refractivity contribution < 1.29 is 9.47 Å². The van der Waals surface area contributed by atoms with E-state index in [1.807, 2.05) is 24.3 Å². The Morgan fingerprint density at radius 2 is 1.71 bits per heavy atom. The number of hydrogen-bond acceptors (Lipinski definition) is 3. The van der Waals surface area contributed by atoms with Crippen LogP contribution in [0.4, 0.5) is 0 Å². The molecule has 0 bridgehead atoms. The molecule has 166 valence electrons. The monoisotopic (exact) mass is 479 g/mol. The molecule has 0 aromatic heterocycles. The summed E-state index contributed by atoms with van der Waals surface area (Å²) >= 11 is 12.2. The second-order valence-corrected chi connectivity index (χ2v) is 7.99. The summed E-state index contributed by atoms with van der Waals surface area (Å²) in [6, 6.07) is 22.3. The van der Waals surface area contributed by atoms with Crippen molar-refractivity contribution in [2.24, 2.45) is 0 Å². The maximum absolute atomic E-state index is 6.24. The minimum atomic E-state index is 0. The Balaban J connectivity index is 0.00000341. The molecule has 31 heavy (non-hydrogen) atoms. The van der Waals surface area contributed by atoms with Crippen LogP contribution in [0.1, 0.15) is 42.5 Å². The van der Waals surface area contributed by atoms with Gasteiger partial charge in [0.15, 0.2) is 11.5 Å². The zero-order valence-corrected chi connectivity index (χ0v) is 20.1. The second-order valence-electron chi connectivity index (χ2n) is 7.14. The van der Waals surface area contributed by atoms with E-state index in [0.29, 0.717) is 34.2 Å². The molecule has 0 aliphatic rings. The van der Waals surface area contributed by atoms with Crippen molar-refractivity contribution in [2.75, 3.05) is 7.11 Å². The fraction of sp³-hybridized carbons (Fsp3) is 0.280. The summed E-state index contributed by atoms with van der Waals surface area (Å²) in [5, 5.41) is 4.86. The maximum Gasteiger partial charge on any atom is 0.161 e. The molecular weight excluding hydrogens is 453 g/mol. The van der Waals surface area contributed by atoms with Gasteiger partial charge in [0.2, 0.25) is 0 Å². The van der Waals surface area contributed by atoms with Crippen LogP contribution in [0.5, 0.6) is 11.5 Å². The molecule has 3 nitrogen and oxygen atoms in total. The highest BCUT2D eigenvalue weighted by Gasteiger charge is 2.12. The Bertz CT molecular complexity index is 951. The van der Waals surface area contributed by atoms with Gasteiger partial charge in [-0.25, -0.2) is 0 Å². The minimum absolute atomic E-state index is 0. The number of halogens is 3. The van der Waals surface area contributed by atoms with Crippen molar-refractivity contribution in [3.05, 3.63) is 93.5 Å². The van der Waals surface area contributed by atoms with Crippen molar-refractivity contribution in [3.63, 3.8) is 0 Å². The highest BCUT2D eigenvalue weighted by atomic mass is 35.5. The number of hydrogen-bond donors (Lipinski definition) is 1. The third-order valence-corrected chi connectivity index (χ3v) is 5.55. The van der Waals surface area contributed by atoms with Crippen LogP contribution in [0.15, 0.2) is 66.7 Å². The molecule has 3 aromatic carbocycles. The molecule has 0 saturated heterocycles. The summed E-state index contributed by atoms with van der Waals surface area (Å²) in [6.07, 6.45) is 2.21. The van der Waals surface area contributed by atoms with Crippen molar-refractivity contribution >= 4 is 35.6 Å². The third kappa shape index (κ3) is 7.33. The molecule has 0 saturated carbocycles. The van der Waals surface area contributed by atoms with E-state index in [1.54, 1.807) is 19.2 Å². The average molecular weight is 481 g/mol. The third-order valence-electron chi connectivity index (χ3n) is 4.96. The molecule has 0 aliphatic carbocycles. The van der Waals surface area contributed by atoms with Crippen LogP contribution < -0.4 is 14.8 Å². The lowest BCUT2D eigenvalue weighted by molar-refractivity contribution is 0.284. The number of rotatable bonds is 10. The predicted molar refractivity (Wildman–Crippen MR) is 132 cm³/mol. The first-order valence-electron chi connectivity index (χ1n) is 10.1. The fourth-order valence-electron chi connectivity index (χ4n) is 3.34. The Labute approximate surface area is 201 Å². The van der Waals surface area contributed by atoms with E-state index < -0.39 is 0 Å². The van der Waals surface area contributed by atoms with Gasteiger partial charge in [-0.05, 0) is 41.8 Å². The van der Waals surface area contributed by atoms with Crippen molar-refractivity contribution in [3.8, 4) is 11.5 Å². The van der Waals surface area contributed by atoms with Gasteiger partial charge < -0.3 is 14.8 Å². The highest BCUT2D eigenvalue weighted by Crippen LogP contribution is 2.30. The van der Waals surface area contributed by atoms with E-state index in [2.05, 4.69) is 42.6 Å². The van der Waals surface area contributed by atoms with Crippen LogP contribution in [-0.4, -0.2) is 7.11 Å². The average Bonchev–Trinajstić information content (AvgIpc) is 2.77. The van der Waals surface area contributed by atoms with Crippen LogP contribution >= 0.6 is 35.6 Å². The molecule has 0 aliphatic heterocycles. The van der Waals surface area contributed by atoms with E-state index in [9.17, 15) is 0 Å². The van der Waals surface area contributed by atoms with Crippen molar-refractivity contribution in [2.45, 2.75) is 39.0 Å². The first kappa shape index (κ1) is 25.4. The Kier molecular flexibility index (Phi) is 10.5. The zero-order valence-electron chi connectivity index (χ0n) is 17.7. The van der Waals surface area contributed by atoms with Gasteiger partial charge in [-0.15, -0.1) is 12.4 Å². The summed E-state index contributed by atoms with van der Waals surface area (Å²) in [5.74, 6) is 1.38. The molecule has 0 fully saturated rings. The van der Waals surface area contributed by atoms with Crippen LogP contribution in [0.3, 0.4) is 0 Å². The number of benzene rings is 3. The summed E-state index contributed by atoms with van der Waals surface area (Å²) in [4.78, 5) is 0. The Morgan fingerprint density at radius 1 is 0.935 bits per heavy atom. The van der Waals surface area contributed by atoms with E-state index in [0.717, 1.165) is 30.5 Å². The zero-order chi connectivity index (χ0) is 21.3. The van der Waals surface area contributed by atoms with Gasteiger partial charge in [-0.3, -0.25) is 0 Å².